The molecule has 8 heteroatoms. The fourth-order valence-electron chi connectivity index (χ4n) is 4.60. The number of carbonyl (C=O) groups excluding carboxylic acids is 1. The van der Waals surface area contributed by atoms with Gasteiger partial charge < -0.3 is 5.32 Å². The van der Waals surface area contributed by atoms with Crippen LogP contribution in [-0.4, -0.2) is 35.7 Å². The number of fused-ring (bicyclic) bond motifs is 3. The van der Waals surface area contributed by atoms with Crippen LogP contribution in [0.25, 0.3) is 16.8 Å². The lowest BCUT2D eigenvalue weighted by Gasteiger charge is -2.29. The summed E-state index contributed by atoms with van der Waals surface area (Å²) in [5, 5.41) is 7.78. The van der Waals surface area contributed by atoms with Gasteiger partial charge in [0.15, 0.2) is 0 Å². The van der Waals surface area contributed by atoms with Crippen molar-refractivity contribution in [1.82, 2.24) is 29.0 Å². The van der Waals surface area contributed by atoms with Gasteiger partial charge in [-0.1, -0.05) is 38.0 Å². The molecule has 3 aromatic heterocycles. The van der Waals surface area contributed by atoms with Gasteiger partial charge in [-0.3, -0.25) is 14.3 Å². The summed E-state index contributed by atoms with van der Waals surface area (Å²) in [5.41, 5.74) is 2.08. The van der Waals surface area contributed by atoms with E-state index < -0.39 is 0 Å². The Kier molecular flexibility index (Phi) is 5.05. The molecule has 1 aromatic carbocycles. The smallest absolute Gasteiger partial charge is 0.352 e. The molecule has 0 spiro atoms. The van der Waals surface area contributed by atoms with E-state index in [-0.39, 0.29) is 30.7 Å². The summed E-state index contributed by atoms with van der Waals surface area (Å²) in [5.74, 6) is 0.905. The van der Waals surface area contributed by atoms with Crippen molar-refractivity contribution in [2.75, 3.05) is 0 Å². The number of nitrogens with zero attached hydrogens (tertiary/aromatic N) is 5. The van der Waals surface area contributed by atoms with Gasteiger partial charge in [-0.15, -0.1) is 5.10 Å². The fourth-order valence-corrected chi connectivity index (χ4v) is 4.60. The number of benzene rings is 1. The topological polar surface area (TPSA) is 86.2 Å². The number of pyridine rings is 1. The van der Waals surface area contributed by atoms with Gasteiger partial charge in [-0.05, 0) is 43.0 Å². The first-order valence-electron chi connectivity index (χ1n) is 10.9. The highest BCUT2D eigenvalue weighted by Gasteiger charge is 2.24. The molecule has 1 fully saturated rings. The SMILES string of the molecule is CC1CCCCC1NC(=O)Cn1c2ccccc2n2c(=O)n(Cc3ccccn3)nc12. The minimum absolute atomic E-state index is 0.0475. The van der Waals surface area contributed by atoms with Crippen LogP contribution in [0.1, 0.15) is 38.3 Å². The molecular formula is C23H26N6O2. The van der Waals surface area contributed by atoms with E-state index in [0.717, 1.165) is 36.0 Å². The Morgan fingerprint density at radius 1 is 1.10 bits per heavy atom. The second kappa shape index (κ2) is 8.02. The molecule has 160 valence electrons. The van der Waals surface area contributed by atoms with Crippen LogP contribution < -0.4 is 11.0 Å². The predicted octanol–water partition coefficient (Wildman–Crippen LogP) is 2.59. The fraction of sp³-hybridized carbons (Fsp3) is 0.391. The molecular weight excluding hydrogens is 392 g/mol. The van der Waals surface area contributed by atoms with Gasteiger partial charge in [0.1, 0.15) is 6.54 Å². The average Bonchev–Trinajstić information content (AvgIpc) is 3.25. The molecule has 1 N–H and O–H groups in total. The van der Waals surface area contributed by atoms with Crippen molar-refractivity contribution in [3.63, 3.8) is 0 Å². The van der Waals surface area contributed by atoms with Crippen molar-refractivity contribution in [2.24, 2.45) is 5.92 Å². The van der Waals surface area contributed by atoms with Crippen LogP contribution in [0.3, 0.4) is 0 Å². The average molecular weight is 419 g/mol. The number of amides is 1. The highest BCUT2D eigenvalue weighted by molar-refractivity contribution is 5.84. The van der Waals surface area contributed by atoms with Crippen LogP contribution in [0, 0.1) is 5.92 Å². The van der Waals surface area contributed by atoms with Crippen molar-refractivity contribution < 1.29 is 4.79 Å². The Morgan fingerprint density at radius 3 is 2.65 bits per heavy atom. The maximum absolute atomic E-state index is 13.1. The number of hydrogen-bond acceptors (Lipinski definition) is 4. The van der Waals surface area contributed by atoms with Crippen LogP contribution in [0.15, 0.2) is 53.5 Å². The summed E-state index contributed by atoms with van der Waals surface area (Å²) in [6.45, 7) is 2.61. The number of hydrogen-bond donors (Lipinski definition) is 1. The predicted molar refractivity (Wildman–Crippen MR) is 118 cm³/mol. The van der Waals surface area contributed by atoms with Gasteiger partial charge in [0.05, 0.1) is 23.3 Å². The lowest BCUT2D eigenvalue weighted by molar-refractivity contribution is -0.122. The third kappa shape index (κ3) is 3.62. The first kappa shape index (κ1) is 19.5. The molecule has 4 aromatic rings. The minimum atomic E-state index is -0.239. The maximum Gasteiger partial charge on any atom is 0.352 e. The van der Waals surface area contributed by atoms with Gasteiger partial charge in [0.2, 0.25) is 11.7 Å². The molecule has 2 atom stereocenters. The standard InChI is InChI=1S/C23H26N6O2/c1-16-8-2-3-10-18(16)25-21(30)15-27-19-11-4-5-12-20(19)29-22(27)26-28(23(29)31)14-17-9-6-7-13-24-17/h4-7,9,11-13,16,18H,2-3,8,10,14-15H2,1H3,(H,25,30). The number of imidazole rings is 1. The maximum atomic E-state index is 13.1. The Morgan fingerprint density at radius 2 is 1.87 bits per heavy atom. The van der Waals surface area contributed by atoms with E-state index in [2.05, 4.69) is 22.3 Å². The molecule has 1 saturated carbocycles. The van der Waals surface area contributed by atoms with Gasteiger partial charge >= 0.3 is 5.69 Å². The van der Waals surface area contributed by atoms with E-state index in [9.17, 15) is 9.59 Å². The molecule has 0 radical (unpaired) electrons. The van der Waals surface area contributed by atoms with Crippen molar-refractivity contribution in [2.45, 2.75) is 51.7 Å². The molecule has 3 heterocycles. The zero-order valence-corrected chi connectivity index (χ0v) is 17.6. The zero-order chi connectivity index (χ0) is 21.4. The minimum Gasteiger partial charge on any atom is -0.352 e. The summed E-state index contributed by atoms with van der Waals surface area (Å²) in [6, 6.07) is 13.4. The zero-order valence-electron chi connectivity index (χ0n) is 17.6. The van der Waals surface area contributed by atoms with Crippen molar-refractivity contribution in [3.05, 3.63) is 64.8 Å². The molecule has 1 amide bonds. The monoisotopic (exact) mass is 418 g/mol. The molecule has 0 aliphatic heterocycles. The van der Waals surface area contributed by atoms with E-state index in [1.165, 1.54) is 11.1 Å². The molecule has 5 rings (SSSR count). The summed E-state index contributed by atoms with van der Waals surface area (Å²) in [6.07, 6.45) is 6.25. The van der Waals surface area contributed by atoms with Crippen molar-refractivity contribution in [1.29, 1.82) is 0 Å². The summed E-state index contributed by atoms with van der Waals surface area (Å²) in [4.78, 5) is 30.4. The Balaban J connectivity index is 1.51. The normalized spacial score (nSPS) is 19.1. The summed E-state index contributed by atoms with van der Waals surface area (Å²) < 4.78 is 4.81. The highest BCUT2D eigenvalue weighted by atomic mass is 16.2. The quantitative estimate of drug-likeness (QED) is 0.540. The van der Waals surface area contributed by atoms with Gasteiger partial charge in [-0.25, -0.2) is 13.9 Å². The summed E-state index contributed by atoms with van der Waals surface area (Å²) in [7, 11) is 0. The van der Waals surface area contributed by atoms with Crippen molar-refractivity contribution in [3.8, 4) is 0 Å². The van der Waals surface area contributed by atoms with Crippen molar-refractivity contribution >= 4 is 22.7 Å². The second-order valence-electron chi connectivity index (χ2n) is 8.41. The molecule has 31 heavy (non-hydrogen) atoms. The van der Waals surface area contributed by atoms with Crippen LogP contribution in [0.2, 0.25) is 0 Å². The number of para-hydroxylation sites is 2. The number of nitrogens with one attached hydrogen (secondary N) is 1. The first-order chi connectivity index (χ1) is 15.1. The Hall–Kier alpha value is -3.42. The second-order valence-corrected chi connectivity index (χ2v) is 8.41. The highest BCUT2D eigenvalue weighted by Crippen LogP contribution is 2.24. The summed E-state index contributed by atoms with van der Waals surface area (Å²) >= 11 is 0. The lowest BCUT2D eigenvalue weighted by atomic mass is 9.86. The molecule has 1 aliphatic carbocycles. The number of aromatic nitrogens is 5. The molecule has 8 nitrogen and oxygen atoms in total. The van der Waals surface area contributed by atoms with Crippen LogP contribution in [-0.2, 0) is 17.9 Å². The van der Waals surface area contributed by atoms with E-state index in [0.29, 0.717) is 11.7 Å². The number of rotatable bonds is 5. The first-order valence-corrected chi connectivity index (χ1v) is 10.9. The molecule has 2 unspecified atom stereocenters. The molecule has 0 bridgehead atoms. The van der Waals surface area contributed by atoms with E-state index in [1.54, 1.807) is 10.6 Å². The van der Waals surface area contributed by atoms with Crippen LogP contribution in [0.5, 0.6) is 0 Å². The number of carbonyl (C=O) groups is 1. The van der Waals surface area contributed by atoms with E-state index in [1.807, 2.05) is 47.0 Å². The third-order valence-electron chi connectivity index (χ3n) is 6.27. The third-order valence-corrected chi connectivity index (χ3v) is 6.27. The Labute approximate surface area is 179 Å². The Bertz CT molecular complexity index is 1290. The molecule has 0 saturated heterocycles. The van der Waals surface area contributed by atoms with E-state index in [4.69, 9.17) is 0 Å². The van der Waals surface area contributed by atoms with E-state index >= 15 is 0 Å². The molecule has 1 aliphatic rings. The van der Waals surface area contributed by atoms with Gasteiger partial charge in [0.25, 0.3) is 0 Å². The van der Waals surface area contributed by atoms with Gasteiger partial charge in [-0.2, -0.15) is 0 Å². The lowest BCUT2D eigenvalue weighted by Crippen LogP contribution is -2.42. The van der Waals surface area contributed by atoms with Gasteiger partial charge in [0, 0.05) is 12.2 Å². The largest absolute Gasteiger partial charge is 0.352 e. The van der Waals surface area contributed by atoms with Crippen LogP contribution >= 0.6 is 0 Å². The van der Waals surface area contributed by atoms with Crippen LogP contribution in [0.4, 0.5) is 0 Å².